The highest BCUT2D eigenvalue weighted by atomic mass is 32.2. The van der Waals surface area contributed by atoms with Crippen molar-refractivity contribution in [2.45, 2.75) is 30.2 Å². The molecule has 0 radical (unpaired) electrons. The summed E-state index contributed by atoms with van der Waals surface area (Å²) < 4.78 is 29.4. The number of carbonyl (C=O) groups is 1. The van der Waals surface area contributed by atoms with Gasteiger partial charge in [-0.05, 0) is 55.7 Å². The summed E-state index contributed by atoms with van der Waals surface area (Å²) in [4.78, 5) is 33.1. The number of carbonyl (C=O) groups excluding carboxylic acids is 1. The van der Waals surface area contributed by atoms with Crippen LogP contribution in [0.2, 0.25) is 0 Å². The number of anilines is 1. The van der Waals surface area contributed by atoms with Gasteiger partial charge in [0.2, 0.25) is 5.91 Å². The third-order valence-electron chi connectivity index (χ3n) is 5.90. The fourth-order valence-electron chi connectivity index (χ4n) is 4.26. The van der Waals surface area contributed by atoms with Crippen LogP contribution in [-0.4, -0.2) is 27.3 Å². The van der Waals surface area contributed by atoms with E-state index in [4.69, 9.17) is 0 Å². The summed E-state index contributed by atoms with van der Waals surface area (Å²) >= 11 is 1.08. The first-order valence-corrected chi connectivity index (χ1v) is 11.8. The third kappa shape index (κ3) is 3.98. The number of hydrogen-bond acceptors (Lipinski definition) is 4. The molecule has 0 N–H and O–H groups in total. The second kappa shape index (κ2) is 9.02. The minimum absolute atomic E-state index is 0.116. The number of aryl methyl sites for hydroxylation is 1. The molecule has 2 heterocycles. The highest BCUT2D eigenvalue weighted by Gasteiger charge is 2.28. The van der Waals surface area contributed by atoms with Crippen LogP contribution in [0.1, 0.15) is 18.9 Å². The van der Waals surface area contributed by atoms with Crippen LogP contribution in [0.25, 0.3) is 16.6 Å². The molecular formula is C26H21F2N3O2S. The van der Waals surface area contributed by atoms with Gasteiger partial charge in [-0.25, -0.2) is 13.8 Å². The number of halogens is 2. The van der Waals surface area contributed by atoms with Gasteiger partial charge in [-0.15, -0.1) is 0 Å². The van der Waals surface area contributed by atoms with Gasteiger partial charge < -0.3 is 4.90 Å². The number of amides is 1. The monoisotopic (exact) mass is 477 g/mol. The van der Waals surface area contributed by atoms with Crippen molar-refractivity contribution >= 4 is 34.3 Å². The van der Waals surface area contributed by atoms with Crippen molar-refractivity contribution in [1.29, 1.82) is 0 Å². The molecule has 1 aromatic heterocycles. The number of nitrogens with zero attached hydrogens (tertiary/aromatic N) is 3. The average molecular weight is 478 g/mol. The van der Waals surface area contributed by atoms with Crippen LogP contribution in [0.3, 0.4) is 0 Å². The van der Waals surface area contributed by atoms with Crippen LogP contribution in [0, 0.1) is 11.6 Å². The van der Waals surface area contributed by atoms with Gasteiger partial charge in [0.05, 0.1) is 21.8 Å². The van der Waals surface area contributed by atoms with E-state index in [2.05, 4.69) is 4.98 Å². The SMILES string of the molecule is CC(Sc1nc2ccccc2c(=O)n1-c1ccc(F)cc1F)C(=O)N1CCCc2ccccc21. The predicted molar refractivity (Wildman–Crippen MR) is 130 cm³/mol. The Bertz CT molecular complexity index is 1470. The number of thioether (sulfide) groups is 1. The van der Waals surface area contributed by atoms with Gasteiger partial charge in [0.1, 0.15) is 11.6 Å². The molecule has 0 spiro atoms. The molecule has 3 aromatic carbocycles. The summed E-state index contributed by atoms with van der Waals surface area (Å²) in [5.74, 6) is -1.75. The molecule has 0 fully saturated rings. The molecule has 5 nitrogen and oxygen atoms in total. The van der Waals surface area contributed by atoms with Crippen molar-refractivity contribution < 1.29 is 13.6 Å². The molecule has 0 saturated heterocycles. The summed E-state index contributed by atoms with van der Waals surface area (Å²) in [5, 5.41) is -0.131. The Labute approximate surface area is 199 Å². The normalized spacial score (nSPS) is 14.1. The zero-order valence-corrected chi connectivity index (χ0v) is 19.2. The maximum atomic E-state index is 14.7. The molecule has 1 amide bonds. The van der Waals surface area contributed by atoms with Gasteiger partial charge in [0.15, 0.2) is 5.16 Å². The van der Waals surface area contributed by atoms with Gasteiger partial charge in [-0.2, -0.15) is 0 Å². The lowest BCUT2D eigenvalue weighted by atomic mass is 10.0. The van der Waals surface area contributed by atoms with Gasteiger partial charge in [-0.1, -0.05) is 42.1 Å². The highest BCUT2D eigenvalue weighted by molar-refractivity contribution is 8.00. The Kier molecular flexibility index (Phi) is 5.91. The van der Waals surface area contributed by atoms with Crippen molar-refractivity contribution in [2.75, 3.05) is 11.4 Å². The van der Waals surface area contributed by atoms with Crippen molar-refractivity contribution in [3.8, 4) is 5.69 Å². The average Bonchev–Trinajstić information content (AvgIpc) is 2.84. The minimum Gasteiger partial charge on any atom is -0.311 e. The van der Waals surface area contributed by atoms with Crippen LogP contribution in [0.15, 0.2) is 76.7 Å². The first-order valence-electron chi connectivity index (χ1n) is 11.0. The number of para-hydroxylation sites is 2. The van der Waals surface area contributed by atoms with E-state index < -0.39 is 22.4 Å². The maximum absolute atomic E-state index is 14.7. The van der Waals surface area contributed by atoms with Gasteiger partial charge in [0.25, 0.3) is 5.56 Å². The Morgan fingerprint density at radius 2 is 1.79 bits per heavy atom. The summed E-state index contributed by atoms with van der Waals surface area (Å²) in [5.41, 5.74) is 1.85. The standard InChI is InChI=1S/C26H21F2N3O2S/c1-16(24(32)30-14-6-8-17-7-2-5-11-22(17)30)34-26-29-21-10-4-3-9-19(21)25(33)31(26)23-13-12-18(27)15-20(23)28/h2-5,7,9-13,15-16H,6,8,14H2,1H3. The van der Waals surface area contributed by atoms with Crippen LogP contribution in [-0.2, 0) is 11.2 Å². The molecule has 0 bridgehead atoms. The molecule has 1 unspecified atom stereocenters. The maximum Gasteiger partial charge on any atom is 0.266 e. The first-order chi connectivity index (χ1) is 16.4. The lowest BCUT2D eigenvalue weighted by Crippen LogP contribution is -2.40. The van der Waals surface area contributed by atoms with Crippen LogP contribution in [0.5, 0.6) is 0 Å². The number of aromatic nitrogens is 2. The molecule has 1 aliphatic rings. The Hall–Kier alpha value is -3.52. The molecule has 1 atom stereocenters. The van der Waals surface area contributed by atoms with Crippen molar-refractivity contribution in [3.05, 3.63) is 94.3 Å². The van der Waals surface area contributed by atoms with Gasteiger partial charge >= 0.3 is 0 Å². The molecule has 0 saturated carbocycles. The van der Waals surface area contributed by atoms with E-state index in [0.29, 0.717) is 17.4 Å². The summed E-state index contributed by atoms with van der Waals surface area (Å²) in [6.45, 7) is 2.35. The fourth-order valence-corrected chi connectivity index (χ4v) is 5.24. The van der Waals surface area contributed by atoms with Crippen LogP contribution < -0.4 is 10.5 Å². The van der Waals surface area contributed by atoms with E-state index >= 15 is 0 Å². The van der Waals surface area contributed by atoms with Crippen molar-refractivity contribution in [2.24, 2.45) is 0 Å². The summed E-state index contributed by atoms with van der Waals surface area (Å²) in [6, 6.07) is 17.6. The molecule has 172 valence electrons. The summed E-state index contributed by atoms with van der Waals surface area (Å²) in [6.07, 6.45) is 1.77. The van der Waals surface area contributed by atoms with Crippen LogP contribution in [0.4, 0.5) is 14.5 Å². The number of rotatable bonds is 4. The number of fused-ring (bicyclic) bond motifs is 2. The molecule has 5 rings (SSSR count). The second-order valence-electron chi connectivity index (χ2n) is 8.13. The van der Waals surface area contributed by atoms with E-state index in [1.807, 2.05) is 24.3 Å². The molecule has 0 aliphatic carbocycles. The first kappa shape index (κ1) is 22.3. The topological polar surface area (TPSA) is 55.2 Å². The minimum atomic E-state index is -0.884. The molecule has 1 aliphatic heterocycles. The fraction of sp³-hybridized carbons (Fsp3) is 0.192. The third-order valence-corrected chi connectivity index (χ3v) is 6.94. The highest BCUT2D eigenvalue weighted by Crippen LogP contribution is 2.31. The van der Waals surface area contributed by atoms with E-state index in [1.165, 1.54) is 6.07 Å². The molecule has 34 heavy (non-hydrogen) atoms. The number of benzene rings is 3. The predicted octanol–water partition coefficient (Wildman–Crippen LogP) is 5.12. The quantitative estimate of drug-likeness (QED) is 0.302. The second-order valence-corrected chi connectivity index (χ2v) is 9.44. The zero-order chi connectivity index (χ0) is 23.8. The van der Waals surface area contributed by atoms with Gasteiger partial charge in [-0.3, -0.25) is 14.2 Å². The molecule has 4 aromatic rings. The Balaban J connectivity index is 1.57. The van der Waals surface area contributed by atoms with Crippen LogP contribution >= 0.6 is 11.8 Å². The van der Waals surface area contributed by atoms with Crippen molar-refractivity contribution in [1.82, 2.24) is 9.55 Å². The smallest absolute Gasteiger partial charge is 0.266 e. The zero-order valence-electron chi connectivity index (χ0n) is 18.4. The largest absolute Gasteiger partial charge is 0.311 e. The van der Waals surface area contributed by atoms with Gasteiger partial charge in [0, 0.05) is 18.3 Å². The molecular weight excluding hydrogens is 456 g/mol. The van der Waals surface area contributed by atoms with Crippen molar-refractivity contribution in [3.63, 3.8) is 0 Å². The number of hydrogen-bond donors (Lipinski definition) is 0. The van der Waals surface area contributed by atoms with E-state index in [0.717, 1.165) is 52.6 Å². The van der Waals surface area contributed by atoms with E-state index in [1.54, 1.807) is 36.1 Å². The van der Waals surface area contributed by atoms with E-state index in [-0.39, 0.29) is 16.8 Å². The molecule has 8 heteroatoms. The Morgan fingerprint density at radius 3 is 2.62 bits per heavy atom. The summed E-state index contributed by atoms with van der Waals surface area (Å²) in [7, 11) is 0. The lowest BCUT2D eigenvalue weighted by Gasteiger charge is -2.31. The Morgan fingerprint density at radius 1 is 1.03 bits per heavy atom. The lowest BCUT2D eigenvalue weighted by molar-refractivity contribution is -0.117. The van der Waals surface area contributed by atoms with E-state index in [9.17, 15) is 18.4 Å².